The van der Waals surface area contributed by atoms with Gasteiger partial charge in [0, 0.05) is 24.6 Å². The summed E-state index contributed by atoms with van der Waals surface area (Å²) < 4.78 is 13.4. The normalized spacial score (nSPS) is 12.0. The molecule has 2 rings (SSSR count). The summed E-state index contributed by atoms with van der Waals surface area (Å²) in [7, 11) is 0. The van der Waals surface area contributed by atoms with Gasteiger partial charge in [-0.15, -0.1) is 0 Å². The van der Waals surface area contributed by atoms with Crippen LogP contribution in [0.15, 0.2) is 48.5 Å². The quantitative estimate of drug-likeness (QED) is 0.861. The van der Waals surface area contributed by atoms with E-state index in [0.29, 0.717) is 24.1 Å². The van der Waals surface area contributed by atoms with Crippen LogP contribution in [0.4, 0.5) is 4.39 Å². The van der Waals surface area contributed by atoms with Crippen molar-refractivity contribution in [2.45, 2.75) is 19.3 Å². The van der Waals surface area contributed by atoms with Gasteiger partial charge in [0.25, 0.3) is 5.91 Å². The molecule has 0 heterocycles. The zero-order valence-electron chi connectivity index (χ0n) is 12.6. The summed E-state index contributed by atoms with van der Waals surface area (Å²) in [5, 5.41) is 12.0. The number of rotatable bonds is 6. The number of aliphatic hydroxyl groups excluding tert-OH is 1. The van der Waals surface area contributed by atoms with Crippen molar-refractivity contribution in [2.75, 3.05) is 13.2 Å². The zero-order chi connectivity index (χ0) is 15.9. The Labute approximate surface area is 129 Å². The number of amides is 1. The molecular formula is C18H20FNO2. The lowest BCUT2D eigenvalue weighted by molar-refractivity contribution is 0.0948. The summed E-state index contributed by atoms with van der Waals surface area (Å²) in [6.45, 7) is 2.20. The molecule has 3 nitrogen and oxygen atoms in total. The molecular weight excluding hydrogens is 281 g/mol. The maximum atomic E-state index is 13.4. The van der Waals surface area contributed by atoms with Crippen molar-refractivity contribution in [1.29, 1.82) is 0 Å². The largest absolute Gasteiger partial charge is 0.396 e. The van der Waals surface area contributed by atoms with Crippen LogP contribution in [0.5, 0.6) is 0 Å². The standard InChI is InChI=1S/C18H20FNO2/c1-13-9-16(11-17(19)10-13)18(22)20-12-15(7-8-21)14-5-3-2-4-6-14/h2-6,9-11,15,21H,7-8,12H2,1H3,(H,20,22). The molecule has 0 saturated carbocycles. The number of carbonyl (C=O) groups is 1. The molecule has 0 aliphatic heterocycles. The van der Waals surface area contributed by atoms with Gasteiger partial charge in [0.15, 0.2) is 0 Å². The maximum absolute atomic E-state index is 13.4. The number of carbonyl (C=O) groups excluding carboxylic acids is 1. The predicted molar refractivity (Wildman–Crippen MR) is 84.4 cm³/mol. The molecule has 0 aliphatic carbocycles. The Morgan fingerprint density at radius 1 is 1.23 bits per heavy atom. The summed E-state index contributed by atoms with van der Waals surface area (Å²) in [4.78, 5) is 12.1. The van der Waals surface area contributed by atoms with E-state index in [1.807, 2.05) is 30.3 Å². The molecule has 116 valence electrons. The van der Waals surface area contributed by atoms with Crippen molar-refractivity contribution in [3.05, 3.63) is 71.0 Å². The maximum Gasteiger partial charge on any atom is 0.251 e. The molecule has 0 aromatic heterocycles. The number of benzene rings is 2. The van der Waals surface area contributed by atoms with Gasteiger partial charge in [0.05, 0.1) is 0 Å². The molecule has 1 amide bonds. The Morgan fingerprint density at radius 3 is 2.59 bits per heavy atom. The summed E-state index contributed by atoms with van der Waals surface area (Å²) in [5.74, 6) is -0.689. The first kappa shape index (κ1) is 16.2. The number of nitrogens with one attached hydrogen (secondary N) is 1. The minimum Gasteiger partial charge on any atom is -0.396 e. The Morgan fingerprint density at radius 2 is 1.95 bits per heavy atom. The minimum absolute atomic E-state index is 0.0322. The van der Waals surface area contributed by atoms with E-state index < -0.39 is 5.82 Å². The number of aliphatic hydroxyl groups is 1. The smallest absolute Gasteiger partial charge is 0.251 e. The number of hydrogen-bond acceptors (Lipinski definition) is 2. The number of aryl methyl sites for hydroxylation is 1. The fraction of sp³-hybridized carbons (Fsp3) is 0.278. The molecule has 1 atom stereocenters. The van der Waals surface area contributed by atoms with E-state index in [9.17, 15) is 14.3 Å². The Bertz CT molecular complexity index is 608. The van der Waals surface area contributed by atoms with Crippen molar-refractivity contribution in [3.63, 3.8) is 0 Å². The van der Waals surface area contributed by atoms with Crippen molar-refractivity contribution >= 4 is 5.91 Å². The van der Waals surface area contributed by atoms with Crippen LogP contribution in [-0.2, 0) is 0 Å². The summed E-state index contributed by atoms with van der Waals surface area (Å²) in [6, 6.07) is 14.0. The lowest BCUT2D eigenvalue weighted by atomic mass is 9.96. The van der Waals surface area contributed by atoms with Crippen molar-refractivity contribution in [1.82, 2.24) is 5.32 Å². The Hall–Kier alpha value is -2.20. The van der Waals surface area contributed by atoms with Gasteiger partial charge in [-0.2, -0.15) is 0 Å². The van der Waals surface area contributed by atoms with Gasteiger partial charge in [-0.1, -0.05) is 30.3 Å². The molecule has 0 bridgehead atoms. The second kappa shape index (κ2) is 7.71. The number of halogens is 1. The van der Waals surface area contributed by atoms with Crippen LogP contribution < -0.4 is 5.32 Å². The third kappa shape index (κ3) is 4.40. The predicted octanol–water partition coefficient (Wildman–Crippen LogP) is 3.03. The van der Waals surface area contributed by atoms with Gasteiger partial charge in [-0.3, -0.25) is 4.79 Å². The Balaban J connectivity index is 2.04. The van der Waals surface area contributed by atoms with Crippen LogP contribution in [0.1, 0.15) is 33.8 Å². The lowest BCUT2D eigenvalue weighted by Gasteiger charge is -2.17. The second-order valence-corrected chi connectivity index (χ2v) is 5.35. The second-order valence-electron chi connectivity index (χ2n) is 5.35. The highest BCUT2D eigenvalue weighted by Gasteiger charge is 2.14. The zero-order valence-corrected chi connectivity index (χ0v) is 12.6. The first-order valence-electron chi connectivity index (χ1n) is 7.31. The van der Waals surface area contributed by atoms with Crippen LogP contribution in [-0.4, -0.2) is 24.2 Å². The van der Waals surface area contributed by atoms with E-state index in [-0.39, 0.29) is 18.4 Å². The van der Waals surface area contributed by atoms with E-state index in [1.165, 1.54) is 12.1 Å². The van der Waals surface area contributed by atoms with Crippen LogP contribution >= 0.6 is 0 Å². The van der Waals surface area contributed by atoms with Crippen molar-refractivity contribution < 1.29 is 14.3 Å². The van der Waals surface area contributed by atoms with Crippen LogP contribution in [0.25, 0.3) is 0 Å². The Kier molecular flexibility index (Phi) is 5.67. The monoisotopic (exact) mass is 301 g/mol. The van der Waals surface area contributed by atoms with Crippen molar-refractivity contribution in [2.24, 2.45) is 0 Å². The van der Waals surface area contributed by atoms with E-state index in [1.54, 1.807) is 13.0 Å². The average Bonchev–Trinajstić information content (AvgIpc) is 2.51. The van der Waals surface area contributed by atoms with E-state index in [0.717, 1.165) is 5.56 Å². The van der Waals surface area contributed by atoms with E-state index >= 15 is 0 Å². The number of hydrogen-bond donors (Lipinski definition) is 2. The third-order valence-electron chi connectivity index (χ3n) is 3.56. The molecule has 22 heavy (non-hydrogen) atoms. The molecule has 0 fully saturated rings. The van der Waals surface area contributed by atoms with Crippen LogP contribution in [0.2, 0.25) is 0 Å². The van der Waals surface area contributed by atoms with Crippen molar-refractivity contribution in [3.8, 4) is 0 Å². The highest BCUT2D eigenvalue weighted by molar-refractivity contribution is 5.94. The fourth-order valence-corrected chi connectivity index (χ4v) is 2.45. The third-order valence-corrected chi connectivity index (χ3v) is 3.56. The van der Waals surface area contributed by atoms with Gasteiger partial charge < -0.3 is 10.4 Å². The molecule has 0 aliphatic rings. The summed E-state index contributed by atoms with van der Waals surface area (Å²) >= 11 is 0. The topological polar surface area (TPSA) is 49.3 Å². The van der Waals surface area contributed by atoms with Gasteiger partial charge in [0.2, 0.25) is 0 Å². The molecule has 2 aromatic rings. The summed E-state index contributed by atoms with van der Waals surface area (Å²) in [5.41, 5.74) is 2.08. The molecule has 2 aromatic carbocycles. The molecule has 2 N–H and O–H groups in total. The van der Waals surface area contributed by atoms with E-state index in [2.05, 4.69) is 5.32 Å². The van der Waals surface area contributed by atoms with Gasteiger partial charge in [-0.05, 0) is 42.7 Å². The summed E-state index contributed by atoms with van der Waals surface area (Å²) in [6.07, 6.45) is 0.562. The fourth-order valence-electron chi connectivity index (χ4n) is 2.45. The SMILES string of the molecule is Cc1cc(F)cc(C(=O)NCC(CCO)c2ccccc2)c1. The van der Waals surface area contributed by atoms with Gasteiger partial charge in [-0.25, -0.2) is 4.39 Å². The first-order chi connectivity index (χ1) is 10.6. The highest BCUT2D eigenvalue weighted by Crippen LogP contribution is 2.18. The van der Waals surface area contributed by atoms with Gasteiger partial charge in [0.1, 0.15) is 5.82 Å². The minimum atomic E-state index is -0.417. The van der Waals surface area contributed by atoms with Gasteiger partial charge >= 0.3 is 0 Å². The molecule has 4 heteroatoms. The lowest BCUT2D eigenvalue weighted by Crippen LogP contribution is -2.29. The molecule has 0 radical (unpaired) electrons. The van der Waals surface area contributed by atoms with Crippen LogP contribution in [0.3, 0.4) is 0 Å². The van der Waals surface area contributed by atoms with Crippen LogP contribution in [0, 0.1) is 12.7 Å². The average molecular weight is 301 g/mol. The molecule has 1 unspecified atom stereocenters. The van der Waals surface area contributed by atoms with E-state index in [4.69, 9.17) is 0 Å². The molecule has 0 saturated heterocycles. The molecule has 0 spiro atoms. The first-order valence-corrected chi connectivity index (χ1v) is 7.31. The highest BCUT2D eigenvalue weighted by atomic mass is 19.1.